The van der Waals surface area contributed by atoms with Crippen LogP contribution < -0.4 is 9.47 Å². The van der Waals surface area contributed by atoms with E-state index in [9.17, 15) is 4.39 Å². The van der Waals surface area contributed by atoms with Crippen molar-refractivity contribution in [1.29, 1.82) is 0 Å². The SMILES string of the molecule is CCOc1ccc(-c2nnc3c4cc(F)ccc4n(Cc4ccc(OC)cc4)cc2-3)cc1. The third-order valence-electron chi connectivity index (χ3n) is 5.52. The molecule has 0 radical (unpaired) electrons. The number of methoxy groups -OCH3 is 1. The Balaban J connectivity index is 1.64. The van der Waals surface area contributed by atoms with E-state index >= 15 is 0 Å². The Morgan fingerprint density at radius 2 is 1.59 bits per heavy atom. The second-order valence-corrected chi connectivity index (χ2v) is 7.53. The number of aromatic nitrogens is 3. The molecular weight excluding hydrogens is 405 g/mol. The number of rotatable bonds is 6. The van der Waals surface area contributed by atoms with Gasteiger partial charge in [0.05, 0.1) is 19.2 Å². The van der Waals surface area contributed by atoms with Gasteiger partial charge in [-0.25, -0.2) is 4.39 Å². The van der Waals surface area contributed by atoms with Crippen LogP contribution in [0.15, 0.2) is 72.9 Å². The van der Waals surface area contributed by atoms with Gasteiger partial charge in [0, 0.05) is 29.3 Å². The summed E-state index contributed by atoms with van der Waals surface area (Å²) < 4.78 is 27.1. The van der Waals surface area contributed by atoms with Crippen molar-refractivity contribution in [2.75, 3.05) is 13.7 Å². The van der Waals surface area contributed by atoms with Crippen molar-refractivity contribution in [3.8, 4) is 34.0 Å². The van der Waals surface area contributed by atoms with Crippen LogP contribution in [0.5, 0.6) is 11.5 Å². The van der Waals surface area contributed by atoms with Gasteiger partial charge in [-0.2, -0.15) is 0 Å². The van der Waals surface area contributed by atoms with Gasteiger partial charge < -0.3 is 14.0 Å². The van der Waals surface area contributed by atoms with Crippen LogP contribution in [0.4, 0.5) is 4.39 Å². The molecule has 6 heteroatoms. The molecule has 2 heterocycles. The zero-order chi connectivity index (χ0) is 22.1. The third-order valence-corrected chi connectivity index (χ3v) is 5.52. The molecule has 2 aliphatic heterocycles. The summed E-state index contributed by atoms with van der Waals surface area (Å²) >= 11 is 0. The number of fused-ring (bicyclic) bond motifs is 3. The number of hydrogen-bond donors (Lipinski definition) is 0. The van der Waals surface area contributed by atoms with Gasteiger partial charge in [0.15, 0.2) is 0 Å². The number of halogens is 1. The average Bonchev–Trinajstić information content (AvgIpc) is 3.24. The van der Waals surface area contributed by atoms with Crippen LogP contribution in [0.25, 0.3) is 33.4 Å². The highest BCUT2D eigenvalue weighted by Crippen LogP contribution is 2.37. The molecule has 0 spiro atoms. The van der Waals surface area contributed by atoms with Crippen LogP contribution in [0, 0.1) is 5.82 Å². The van der Waals surface area contributed by atoms with Gasteiger partial charge in [0.2, 0.25) is 0 Å². The third kappa shape index (κ3) is 3.64. The first-order valence-corrected chi connectivity index (χ1v) is 10.5. The molecule has 0 aliphatic carbocycles. The van der Waals surface area contributed by atoms with E-state index < -0.39 is 0 Å². The summed E-state index contributed by atoms with van der Waals surface area (Å²) in [5, 5.41) is 9.60. The van der Waals surface area contributed by atoms with Crippen molar-refractivity contribution < 1.29 is 13.9 Å². The van der Waals surface area contributed by atoms with Crippen molar-refractivity contribution in [2.45, 2.75) is 13.5 Å². The van der Waals surface area contributed by atoms with Gasteiger partial charge in [0.1, 0.15) is 28.7 Å². The Kier molecular flexibility index (Phi) is 5.19. The molecule has 0 unspecified atom stereocenters. The van der Waals surface area contributed by atoms with Crippen molar-refractivity contribution >= 4 is 10.9 Å². The number of pyridine rings is 1. The van der Waals surface area contributed by atoms with Crippen LogP contribution in [0.3, 0.4) is 0 Å². The van der Waals surface area contributed by atoms with Crippen LogP contribution in [0.2, 0.25) is 0 Å². The summed E-state index contributed by atoms with van der Waals surface area (Å²) in [5.41, 5.74) is 5.26. The van der Waals surface area contributed by atoms with Crippen molar-refractivity contribution in [3.05, 3.63) is 84.3 Å². The predicted molar refractivity (Wildman–Crippen MR) is 123 cm³/mol. The Bertz CT molecular complexity index is 1340. The molecular formula is C26H22FN3O2. The highest BCUT2D eigenvalue weighted by atomic mass is 19.1. The fourth-order valence-corrected chi connectivity index (χ4v) is 3.96. The molecule has 3 aromatic rings. The fourth-order valence-electron chi connectivity index (χ4n) is 3.96. The minimum absolute atomic E-state index is 0.299. The highest BCUT2D eigenvalue weighted by molar-refractivity contribution is 5.98. The molecule has 0 N–H and O–H groups in total. The van der Waals surface area contributed by atoms with Gasteiger partial charge in [-0.1, -0.05) is 12.1 Å². The molecule has 0 saturated carbocycles. The van der Waals surface area contributed by atoms with Gasteiger partial charge in [0.25, 0.3) is 0 Å². The molecule has 3 aromatic carbocycles. The molecule has 2 aliphatic rings. The topological polar surface area (TPSA) is 49.2 Å². The Morgan fingerprint density at radius 3 is 2.31 bits per heavy atom. The van der Waals surface area contributed by atoms with Crippen LogP contribution >= 0.6 is 0 Å². The summed E-state index contributed by atoms with van der Waals surface area (Å²) in [7, 11) is 1.65. The first-order valence-electron chi connectivity index (χ1n) is 10.5. The molecule has 0 atom stereocenters. The smallest absolute Gasteiger partial charge is 0.124 e. The van der Waals surface area contributed by atoms with E-state index in [0.29, 0.717) is 18.8 Å². The molecule has 5 rings (SSSR count). The average molecular weight is 427 g/mol. The maximum atomic E-state index is 14.2. The molecule has 5 nitrogen and oxygen atoms in total. The first kappa shape index (κ1) is 20.0. The van der Waals surface area contributed by atoms with Gasteiger partial charge in [-0.05, 0) is 67.1 Å². The normalized spacial score (nSPS) is 11.2. The number of nitrogens with zero attached hydrogens (tertiary/aromatic N) is 3. The Morgan fingerprint density at radius 1 is 0.875 bits per heavy atom. The highest BCUT2D eigenvalue weighted by Gasteiger charge is 2.20. The van der Waals surface area contributed by atoms with Crippen LogP contribution in [-0.4, -0.2) is 28.5 Å². The monoisotopic (exact) mass is 427 g/mol. The van der Waals surface area contributed by atoms with Gasteiger partial charge in [-0.3, -0.25) is 0 Å². The lowest BCUT2D eigenvalue weighted by Crippen LogP contribution is -2.04. The maximum Gasteiger partial charge on any atom is 0.124 e. The van der Waals surface area contributed by atoms with Crippen LogP contribution in [-0.2, 0) is 6.54 Å². The van der Waals surface area contributed by atoms with E-state index in [0.717, 1.165) is 44.8 Å². The van der Waals surface area contributed by atoms with Gasteiger partial charge in [-0.15, -0.1) is 10.2 Å². The maximum absolute atomic E-state index is 14.2. The first-order chi connectivity index (χ1) is 15.7. The van der Waals surface area contributed by atoms with Crippen molar-refractivity contribution in [1.82, 2.24) is 14.8 Å². The van der Waals surface area contributed by atoms with Crippen LogP contribution in [0.1, 0.15) is 12.5 Å². The van der Waals surface area contributed by atoms with E-state index in [1.165, 1.54) is 12.1 Å². The fraction of sp³-hybridized carbons (Fsp3) is 0.154. The van der Waals surface area contributed by atoms with E-state index in [1.54, 1.807) is 13.2 Å². The lowest BCUT2D eigenvalue weighted by atomic mass is 10.0. The summed E-state index contributed by atoms with van der Waals surface area (Å²) in [6, 6.07) is 20.5. The van der Waals surface area contributed by atoms with E-state index in [4.69, 9.17) is 9.47 Å². The predicted octanol–water partition coefficient (Wildman–Crippen LogP) is 5.80. The molecule has 0 bridgehead atoms. The second kappa shape index (κ2) is 8.30. The number of hydrogen-bond acceptors (Lipinski definition) is 4. The van der Waals surface area contributed by atoms with Crippen molar-refractivity contribution in [3.63, 3.8) is 0 Å². The zero-order valence-electron chi connectivity index (χ0n) is 17.9. The van der Waals surface area contributed by atoms with E-state index in [2.05, 4.69) is 14.8 Å². The standard InChI is InChI=1S/C26H22FN3O2/c1-3-32-21-11-6-18(7-12-21)25-23-16-30(15-17-4-9-20(31-2)10-5-17)24-13-8-19(27)14-22(24)26(23)29-28-25/h4-14,16H,3,15H2,1-2H3. The van der Waals surface area contributed by atoms with Gasteiger partial charge >= 0.3 is 0 Å². The molecule has 160 valence electrons. The minimum atomic E-state index is -0.299. The number of benzene rings is 3. The Hall–Kier alpha value is -3.93. The Labute approximate surface area is 185 Å². The quantitative estimate of drug-likeness (QED) is 0.344. The lowest BCUT2D eigenvalue weighted by Gasteiger charge is -2.15. The van der Waals surface area contributed by atoms with E-state index in [1.807, 2.05) is 61.7 Å². The summed E-state index contributed by atoms with van der Waals surface area (Å²) in [6.07, 6.45) is 2.05. The molecule has 0 aromatic heterocycles. The summed E-state index contributed by atoms with van der Waals surface area (Å²) in [5.74, 6) is 1.32. The lowest BCUT2D eigenvalue weighted by molar-refractivity contribution is 0.340. The van der Waals surface area contributed by atoms with E-state index in [-0.39, 0.29) is 5.82 Å². The summed E-state index contributed by atoms with van der Waals surface area (Å²) in [4.78, 5) is 0. The largest absolute Gasteiger partial charge is 0.497 e. The number of ether oxygens (including phenoxy) is 2. The second-order valence-electron chi connectivity index (χ2n) is 7.53. The zero-order valence-corrected chi connectivity index (χ0v) is 17.9. The molecule has 32 heavy (non-hydrogen) atoms. The summed E-state index contributed by atoms with van der Waals surface area (Å²) in [6.45, 7) is 3.19. The molecule has 0 saturated heterocycles. The van der Waals surface area contributed by atoms with Crippen molar-refractivity contribution in [2.24, 2.45) is 0 Å². The molecule has 0 fully saturated rings. The molecule has 0 amide bonds. The minimum Gasteiger partial charge on any atom is -0.497 e.